The number of nitrogens with one attached hydrogen (secondary N) is 1. The van der Waals surface area contributed by atoms with Gasteiger partial charge in [0, 0.05) is 37.1 Å². The summed E-state index contributed by atoms with van der Waals surface area (Å²) in [5.74, 6) is -0.149. The SMILES string of the molecule is N#C[C@@H]1C[C@H](F)CN1C(=O)CN1CCC(Nc2cnc3ncccc3c2)CC1. The molecular weight excluding hydrogens is 359 g/mol. The van der Waals surface area contributed by atoms with Crippen molar-refractivity contribution in [3.05, 3.63) is 30.6 Å². The fourth-order valence-electron chi connectivity index (χ4n) is 3.98. The number of piperidine rings is 1. The number of alkyl halides is 1. The van der Waals surface area contributed by atoms with Gasteiger partial charge in [0.25, 0.3) is 0 Å². The molecule has 7 nitrogen and oxygen atoms in total. The van der Waals surface area contributed by atoms with Crippen molar-refractivity contribution in [2.45, 2.75) is 37.5 Å². The molecule has 0 radical (unpaired) electrons. The Morgan fingerprint density at radius 2 is 2.18 bits per heavy atom. The first-order chi connectivity index (χ1) is 13.6. The van der Waals surface area contributed by atoms with Crippen molar-refractivity contribution in [2.24, 2.45) is 0 Å². The third kappa shape index (κ3) is 4.04. The van der Waals surface area contributed by atoms with Crippen LogP contribution >= 0.6 is 0 Å². The molecule has 0 aliphatic carbocycles. The summed E-state index contributed by atoms with van der Waals surface area (Å²) < 4.78 is 13.5. The van der Waals surface area contributed by atoms with E-state index < -0.39 is 12.2 Å². The summed E-state index contributed by atoms with van der Waals surface area (Å²) in [4.78, 5) is 24.5. The summed E-state index contributed by atoms with van der Waals surface area (Å²) in [7, 11) is 0. The highest BCUT2D eigenvalue weighted by Crippen LogP contribution is 2.22. The fraction of sp³-hybridized carbons (Fsp3) is 0.500. The lowest BCUT2D eigenvalue weighted by Crippen LogP contribution is -2.46. The molecule has 0 bridgehead atoms. The monoisotopic (exact) mass is 382 g/mol. The summed E-state index contributed by atoms with van der Waals surface area (Å²) in [6, 6.07) is 7.66. The van der Waals surface area contributed by atoms with Gasteiger partial charge in [-0.2, -0.15) is 5.26 Å². The predicted octanol–water partition coefficient (Wildman–Crippen LogP) is 1.97. The second-order valence-electron chi connectivity index (χ2n) is 7.49. The molecule has 4 rings (SSSR count). The van der Waals surface area contributed by atoms with Gasteiger partial charge in [-0.1, -0.05) is 0 Å². The molecule has 2 aliphatic heterocycles. The number of hydrogen-bond donors (Lipinski definition) is 1. The van der Waals surface area contributed by atoms with Gasteiger partial charge in [-0.05, 0) is 31.0 Å². The summed E-state index contributed by atoms with van der Waals surface area (Å²) in [5.41, 5.74) is 1.70. The number of rotatable bonds is 4. The molecule has 2 aliphatic rings. The number of fused-ring (bicyclic) bond motifs is 1. The predicted molar refractivity (Wildman–Crippen MR) is 103 cm³/mol. The van der Waals surface area contributed by atoms with E-state index in [1.165, 1.54) is 4.90 Å². The maximum atomic E-state index is 13.5. The minimum absolute atomic E-state index is 0.0406. The first-order valence-corrected chi connectivity index (χ1v) is 9.65. The van der Waals surface area contributed by atoms with Crippen LogP contribution in [0.15, 0.2) is 30.6 Å². The Bertz CT molecular complexity index is 892. The van der Waals surface area contributed by atoms with E-state index in [4.69, 9.17) is 5.26 Å². The van der Waals surface area contributed by atoms with E-state index in [1.807, 2.05) is 24.3 Å². The van der Waals surface area contributed by atoms with Crippen LogP contribution < -0.4 is 5.32 Å². The van der Waals surface area contributed by atoms with Crippen LogP contribution in [-0.4, -0.2) is 70.1 Å². The molecule has 0 saturated carbocycles. The van der Waals surface area contributed by atoms with Gasteiger partial charge in [0.2, 0.25) is 5.91 Å². The van der Waals surface area contributed by atoms with Crippen molar-refractivity contribution >= 4 is 22.6 Å². The molecule has 146 valence electrons. The summed E-state index contributed by atoms with van der Waals surface area (Å²) in [6.45, 7) is 1.87. The first-order valence-electron chi connectivity index (χ1n) is 9.65. The highest BCUT2D eigenvalue weighted by Gasteiger charge is 2.36. The smallest absolute Gasteiger partial charge is 0.237 e. The highest BCUT2D eigenvalue weighted by atomic mass is 19.1. The van der Waals surface area contributed by atoms with Crippen LogP contribution in [0.2, 0.25) is 0 Å². The number of halogens is 1. The van der Waals surface area contributed by atoms with Gasteiger partial charge in [-0.25, -0.2) is 14.4 Å². The van der Waals surface area contributed by atoms with Crippen LogP contribution in [0.4, 0.5) is 10.1 Å². The lowest BCUT2D eigenvalue weighted by Gasteiger charge is -2.33. The number of nitrogens with zero attached hydrogens (tertiary/aromatic N) is 5. The van der Waals surface area contributed by atoms with E-state index >= 15 is 0 Å². The van der Waals surface area contributed by atoms with E-state index in [9.17, 15) is 9.18 Å². The molecule has 28 heavy (non-hydrogen) atoms. The van der Waals surface area contributed by atoms with E-state index in [1.54, 1.807) is 12.4 Å². The number of anilines is 1. The molecule has 0 spiro atoms. The topological polar surface area (TPSA) is 85.2 Å². The second-order valence-corrected chi connectivity index (χ2v) is 7.49. The van der Waals surface area contributed by atoms with Gasteiger partial charge in [0.1, 0.15) is 12.2 Å². The van der Waals surface area contributed by atoms with Crippen molar-refractivity contribution in [3.63, 3.8) is 0 Å². The van der Waals surface area contributed by atoms with Gasteiger partial charge in [0.15, 0.2) is 5.65 Å². The van der Waals surface area contributed by atoms with Crippen LogP contribution in [0.3, 0.4) is 0 Å². The number of nitriles is 1. The van der Waals surface area contributed by atoms with Crippen molar-refractivity contribution in [1.29, 1.82) is 5.26 Å². The van der Waals surface area contributed by atoms with Crippen LogP contribution in [0.5, 0.6) is 0 Å². The van der Waals surface area contributed by atoms with E-state index in [0.717, 1.165) is 42.7 Å². The molecule has 1 N–H and O–H groups in total. The number of likely N-dealkylation sites (tertiary alicyclic amines) is 2. The Morgan fingerprint density at radius 1 is 1.36 bits per heavy atom. The van der Waals surface area contributed by atoms with Crippen molar-refractivity contribution in [1.82, 2.24) is 19.8 Å². The largest absolute Gasteiger partial charge is 0.381 e. The van der Waals surface area contributed by atoms with Crippen LogP contribution in [0.1, 0.15) is 19.3 Å². The average Bonchev–Trinajstić information content (AvgIpc) is 3.10. The zero-order chi connectivity index (χ0) is 19.5. The standard InChI is InChI=1S/C20H23FN6O/c21-15-9-18(10-22)27(12-15)19(28)13-26-6-3-16(4-7-26)25-17-8-14-2-1-5-23-20(14)24-11-17/h1-2,5,8,11,15-16,18,25H,3-4,6-7,9,12-13H2/t15-,18-/m0/s1. The zero-order valence-corrected chi connectivity index (χ0v) is 15.6. The van der Waals surface area contributed by atoms with Crippen molar-refractivity contribution in [2.75, 3.05) is 31.5 Å². The molecule has 0 unspecified atom stereocenters. The Morgan fingerprint density at radius 3 is 2.96 bits per heavy atom. The van der Waals surface area contributed by atoms with Gasteiger partial charge in [0.05, 0.1) is 31.0 Å². The first kappa shape index (κ1) is 18.6. The quantitative estimate of drug-likeness (QED) is 0.870. The molecule has 2 fully saturated rings. The Balaban J connectivity index is 1.28. The minimum atomic E-state index is -1.09. The third-order valence-electron chi connectivity index (χ3n) is 5.49. The fourth-order valence-corrected chi connectivity index (χ4v) is 3.98. The molecule has 4 heterocycles. The Labute approximate surface area is 163 Å². The van der Waals surface area contributed by atoms with Crippen molar-refractivity contribution in [3.8, 4) is 6.07 Å². The number of hydrogen-bond acceptors (Lipinski definition) is 6. The zero-order valence-electron chi connectivity index (χ0n) is 15.6. The Kier molecular flexibility index (Phi) is 5.35. The van der Waals surface area contributed by atoms with Crippen LogP contribution in [0, 0.1) is 11.3 Å². The number of amides is 1. The number of carbonyl (C=O) groups is 1. The van der Waals surface area contributed by atoms with E-state index in [2.05, 4.69) is 20.2 Å². The van der Waals surface area contributed by atoms with Gasteiger partial charge in [-0.15, -0.1) is 0 Å². The summed E-state index contributed by atoms with van der Waals surface area (Å²) in [5, 5.41) is 13.6. The normalized spacial score (nSPS) is 23.6. The molecule has 2 aromatic rings. The maximum absolute atomic E-state index is 13.5. The molecule has 2 aromatic heterocycles. The average molecular weight is 382 g/mol. The number of carbonyl (C=O) groups excluding carboxylic acids is 1. The molecule has 2 atom stereocenters. The van der Waals surface area contributed by atoms with Gasteiger partial charge in [-0.3, -0.25) is 9.69 Å². The summed E-state index contributed by atoms with van der Waals surface area (Å²) in [6.07, 6.45) is 4.39. The lowest BCUT2D eigenvalue weighted by atomic mass is 10.0. The molecule has 2 saturated heterocycles. The van der Waals surface area contributed by atoms with Crippen LogP contribution in [0.25, 0.3) is 11.0 Å². The van der Waals surface area contributed by atoms with Crippen molar-refractivity contribution < 1.29 is 9.18 Å². The second kappa shape index (κ2) is 8.07. The van der Waals surface area contributed by atoms with E-state index in [0.29, 0.717) is 6.04 Å². The van der Waals surface area contributed by atoms with Gasteiger partial charge >= 0.3 is 0 Å². The molecule has 1 amide bonds. The number of pyridine rings is 2. The minimum Gasteiger partial charge on any atom is -0.381 e. The van der Waals surface area contributed by atoms with Gasteiger partial charge < -0.3 is 10.2 Å². The highest BCUT2D eigenvalue weighted by molar-refractivity contribution is 5.79. The Hall–Kier alpha value is -2.79. The maximum Gasteiger partial charge on any atom is 0.237 e. The molecule has 0 aromatic carbocycles. The number of aromatic nitrogens is 2. The summed E-state index contributed by atoms with van der Waals surface area (Å²) >= 11 is 0. The van der Waals surface area contributed by atoms with E-state index in [-0.39, 0.29) is 25.4 Å². The molecule has 8 heteroatoms. The molecular formula is C20H23FN6O. The lowest BCUT2D eigenvalue weighted by molar-refractivity contribution is -0.132. The third-order valence-corrected chi connectivity index (χ3v) is 5.49. The van der Waals surface area contributed by atoms with Crippen LogP contribution in [-0.2, 0) is 4.79 Å².